The van der Waals surface area contributed by atoms with Crippen LogP contribution in [-0.4, -0.2) is 22.8 Å². The fraction of sp³-hybridized carbons (Fsp3) is 0.312. The van der Waals surface area contributed by atoms with E-state index >= 15 is 0 Å². The lowest BCUT2D eigenvalue weighted by atomic mass is 9.96. The summed E-state index contributed by atoms with van der Waals surface area (Å²) in [5.41, 5.74) is 0.412. The lowest BCUT2D eigenvalue weighted by Gasteiger charge is -2.20. The first-order valence-corrected chi connectivity index (χ1v) is 7.01. The third kappa shape index (κ3) is 2.72. The number of rotatable bonds is 2. The highest BCUT2D eigenvalue weighted by atomic mass is 16.5. The van der Waals surface area contributed by atoms with E-state index in [0.717, 1.165) is 12.8 Å². The monoisotopic (exact) mass is 285 g/mol. The van der Waals surface area contributed by atoms with Crippen LogP contribution in [0, 0.1) is 0 Å². The van der Waals surface area contributed by atoms with E-state index in [9.17, 15) is 14.4 Å². The van der Waals surface area contributed by atoms with Gasteiger partial charge in [-0.05, 0) is 25.3 Å². The van der Waals surface area contributed by atoms with E-state index in [1.165, 1.54) is 6.07 Å². The number of carbonyl (C=O) groups is 2. The fourth-order valence-corrected chi connectivity index (χ4v) is 2.64. The highest BCUT2D eigenvalue weighted by Crippen LogP contribution is 2.21. The quantitative estimate of drug-likeness (QED) is 0.858. The maximum Gasteiger partial charge on any atom is 0.339 e. The summed E-state index contributed by atoms with van der Waals surface area (Å²) in [5, 5.41) is 0.616. The molecule has 1 aromatic carbocycles. The van der Waals surface area contributed by atoms with E-state index in [1.54, 1.807) is 24.3 Å². The molecule has 5 nitrogen and oxygen atoms in total. The number of aromatic amines is 1. The molecule has 1 aliphatic rings. The third-order valence-electron chi connectivity index (χ3n) is 3.72. The predicted octanol–water partition coefficient (Wildman–Crippen LogP) is 2.20. The Morgan fingerprint density at radius 2 is 2.00 bits per heavy atom. The predicted molar refractivity (Wildman–Crippen MR) is 77.2 cm³/mol. The number of ketones is 1. The Bertz CT molecular complexity index is 762. The van der Waals surface area contributed by atoms with Crippen molar-refractivity contribution in [3.8, 4) is 0 Å². The number of aromatic nitrogens is 1. The van der Waals surface area contributed by atoms with Crippen LogP contribution in [0.15, 0.2) is 35.1 Å². The van der Waals surface area contributed by atoms with Crippen molar-refractivity contribution in [2.24, 2.45) is 0 Å². The zero-order chi connectivity index (χ0) is 14.8. The summed E-state index contributed by atoms with van der Waals surface area (Å²) in [6, 6.07) is 8.24. The number of carbonyl (C=O) groups excluding carboxylic acids is 2. The maximum atomic E-state index is 12.3. The Hall–Kier alpha value is -2.43. The standard InChI is InChI=1S/C16H15NO4/c18-13-7-3-4-8-14(13)21-16(20)11-9-15(19)17-12-6-2-1-5-10(11)12/h1-2,5-6,9,14H,3-4,7-8H2,(H,17,19)/t14-/m0/s1. The van der Waals surface area contributed by atoms with Crippen LogP contribution in [0.4, 0.5) is 0 Å². The number of Topliss-reactive ketones (excluding diaryl/α,β-unsaturated/α-hetero) is 1. The van der Waals surface area contributed by atoms with E-state index in [4.69, 9.17) is 4.74 Å². The van der Waals surface area contributed by atoms with Crippen molar-refractivity contribution in [1.82, 2.24) is 4.98 Å². The zero-order valence-electron chi connectivity index (χ0n) is 11.4. The van der Waals surface area contributed by atoms with Gasteiger partial charge in [0, 0.05) is 23.4 Å². The van der Waals surface area contributed by atoms with E-state index in [-0.39, 0.29) is 16.9 Å². The van der Waals surface area contributed by atoms with Crippen LogP contribution in [-0.2, 0) is 9.53 Å². The number of ether oxygens (including phenoxy) is 1. The molecule has 3 rings (SSSR count). The van der Waals surface area contributed by atoms with E-state index in [1.807, 2.05) is 0 Å². The van der Waals surface area contributed by atoms with Gasteiger partial charge in [-0.25, -0.2) is 4.79 Å². The lowest BCUT2D eigenvalue weighted by Crippen LogP contribution is -2.30. The number of para-hydroxylation sites is 1. The number of esters is 1. The Labute approximate surface area is 120 Å². The minimum absolute atomic E-state index is 0.0382. The molecule has 0 spiro atoms. The molecule has 0 radical (unpaired) electrons. The smallest absolute Gasteiger partial charge is 0.339 e. The van der Waals surface area contributed by atoms with Crippen molar-refractivity contribution in [1.29, 1.82) is 0 Å². The zero-order valence-corrected chi connectivity index (χ0v) is 11.4. The van der Waals surface area contributed by atoms with Gasteiger partial charge in [0.15, 0.2) is 11.9 Å². The summed E-state index contributed by atoms with van der Waals surface area (Å²) < 4.78 is 5.31. The average molecular weight is 285 g/mol. The van der Waals surface area contributed by atoms with Gasteiger partial charge in [-0.2, -0.15) is 0 Å². The normalized spacial score (nSPS) is 18.7. The average Bonchev–Trinajstić information content (AvgIpc) is 2.48. The molecule has 2 aromatic rings. The Balaban J connectivity index is 1.94. The van der Waals surface area contributed by atoms with Crippen LogP contribution >= 0.6 is 0 Å². The first-order valence-electron chi connectivity index (χ1n) is 7.01. The Kier molecular flexibility index (Phi) is 3.56. The topological polar surface area (TPSA) is 76.2 Å². The van der Waals surface area contributed by atoms with Crippen molar-refractivity contribution in [2.45, 2.75) is 31.8 Å². The fourth-order valence-electron chi connectivity index (χ4n) is 2.64. The van der Waals surface area contributed by atoms with E-state index in [0.29, 0.717) is 23.7 Å². The number of hydrogen-bond acceptors (Lipinski definition) is 4. The molecule has 0 aliphatic heterocycles. The van der Waals surface area contributed by atoms with Gasteiger partial charge >= 0.3 is 5.97 Å². The van der Waals surface area contributed by atoms with Crippen molar-refractivity contribution in [3.05, 3.63) is 46.2 Å². The molecule has 1 saturated carbocycles. The van der Waals surface area contributed by atoms with Crippen LogP contribution in [0.5, 0.6) is 0 Å². The van der Waals surface area contributed by atoms with Crippen molar-refractivity contribution < 1.29 is 14.3 Å². The summed E-state index contributed by atoms with van der Waals surface area (Å²) in [6.07, 6.45) is 2.06. The maximum absolute atomic E-state index is 12.3. The van der Waals surface area contributed by atoms with Gasteiger partial charge < -0.3 is 9.72 Å². The van der Waals surface area contributed by atoms with Crippen LogP contribution in [0.2, 0.25) is 0 Å². The highest BCUT2D eigenvalue weighted by molar-refractivity contribution is 6.04. The lowest BCUT2D eigenvalue weighted by molar-refractivity contribution is -0.129. The molecule has 0 bridgehead atoms. The van der Waals surface area contributed by atoms with Crippen molar-refractivity contribution >= 4 is 22.7 Å². The number of hydrogen-bond donors (Lipinski definition) is 1. The van der Waals surface area contributed by atoms with Gasteiger partial charge in [0.05, 0.1) is 5.56 Å². The van der Waals surface area contributed by atoms with Crippen LogP contribution in [0.25, 0.3) is 10.9 Å². The highest BCUT2D eigenvalue weighted by Gasteiger charge is 2.27. The molecule has 1 N–H and O–H groups in total. The second-order valence-corrected chi connectivity index (χ2v) is 5.20. The molecule has 0 amide bonds. The molecular weight excluding hydrogens is 270 g/mol. The number of fused-ring (bicyclic) bond motifs is 1. The Morgan fingerprint density at radius 3 is 2.81 bits per heavy atom. The molecule has 1 heterocycles. The first kappa shape index (κ1) is 13.5. The molecule has 1 atom stereocenters. The summed E-state index contributed by atoms with van der Waals surface area (Å²) in [5.74, 6) is -0.652. The molecule has 0 saturated heterocycles. The van der Waals surface area contributed by atoms with Crippen molar-refractivity contribution in [2.75, 3.05) is 0 Å². The minimum Gasteiger partial charge on any atom is -0.451 e. The van der Waals surface area contributed by atoms with Gasteiger partial charge in [-0.15, -0.1) is 0 Å². The molecule has 108 valence electrons. The van der Waals surface area contributed by atoms with Crippen LogP contribution in [0.1, 0.15) is 36.0 Å². The van der Waals surface area contributed by atoms with Gasteiger partial charge in [-0.1, -0.05) is 18.2 Å². The van der Waals surface area contributed by atoms with E-state index in [2.05, 4.69) is 4.98 Å². The summed E-state index contributed by atoms with van der Waals surface area (Å²) in [4.78, 5) is 38.3. The minimum atomic E-state index is -0.677. The SMILES string of the molecule is O=C(O[C@H]1CCCCC1=O)c1cc(=O)[nH]c2ccccc12. The second-order valence-electron chi connectivity index (χ2n) is 5.20. The van der Waals surface area contributed by atoms with Gasteiger partial charge in [0.1, 0.15) is 0 Å². The largest absolute Gasteiger partial charge is 0.451 e. The molecule has 0 unspecified atom stereocenters. The molecule has 1 fully saturated rings. The first-order chi connectivity index (χ1) is 10.1. The van der Waals surface area contributed by atoms with Gasteiger partial charge in [0.2, 0.25) is 5.56 Å². The van der Waals surface area contributed by atoms with Crippen molar-refractivity contribution in [3.63, 3.8) is 0 Å². The molecule has 1 aromatic heterocycles. The number of H-pyrrole nitrogens is 1. The van der Waals surface area contributed by atoms with Gasteiger partial charge in [0.25, 0.3) is 0 Å². The van der Waals surface area contributed by atoms with Crippen LogP contribution < -0.4 is 5.56 Å². The summed E-state index contributed by atoms with van der Waals surface area (Å²) in [6.45, 7) is 0. The number of nitrogens with one attached hydrogen (secondary N) is 1. The summed E-state index contributed by atoms with van der Waals surface area (Å²) >= 11 is 0. The summed E-state index contributed by atoms with van der Waals surface area (Å²) in [7, 11) is 0. The third-order valence-corrected chi connectivity index (χ3v) is 3.72. The second kappa shape index (κ2) is 5.52. The number of benzene rings is 1. The molecule has 21 heavy (non-hydrogen) atoms. The number of pyridine rings is 1. The van der Waals surface area contributed by atoms with Crippen LogP contribution in [0.3, 0.4) is 0 Å². The van der Waals surface area contributed by atoms with Gasteiger partial charge in [-0.3, -0.25) is 9.59 Å². The molecular formula is C16H15NO4. The Morgan fingerprint density at radius 1 is 1.19 bits per heavy atom. The molecule has 1 aliphatic carbocycles. The van der Waals surface area contributed by atoms with E-state index < -0.39 is 12.1 Å². The molecule has 5 heteroatoms.